The Hall–Kier alpha value is -0.910. The normalized spacial score (nSPS) is 18.6. The van der Waals surface area contributed by atoms with Crippen LogP contribution in [-0.4, -0.2) is 50.8 Å². The zero-order chi connectivity index (χ0) is 15.6. The van der Waals surface area contributed by atoms with Crippen molar-refractivity contribution < 1.29 is 8.42 Å². The quantitative estimate of drug-likeness (QED) is 0.858. The molecule has 0 amide bonds. The fourth-order valence-electron chi connectivity index (χ4n) is 2.77. The summed E-state index contributed by atoms with van der Waals surface area (Å²) in [5.74, 6) is 0.414. The molecule has 0 N–H and O–H groups in total. The number of hydrogen-bond acceptors (Lipinski definition) is 3. The first kappa shape index (κ1) is 16.5. The highest BCUT2D eigenvalue weighted by Gasteiger charge is 2.29. The second-order valence-corrected chi connectivity index (χ2v) is 8.26. The molecule has 0 aliphatic carbocycles. The molecule has 1 aliphatic rings. The third-order valence-corrected chi connectivity index (χ3v) is 6.25. The molecule has 0 spiro atoms. The molecule has 1 fully saturated rings. The van der Waals surface area contributed by atoms with Gasteiger partial charge in [-0.3, -0.25) is 0 Å². The van der Waals surface area contributed by atoms with Crippen molar-refractivity contribution in [3.63, 3.8) is 0 Å². The van der Waals surface area contributed by atoms with Crippen LogP contribution in [0.5, 0.6) is 0 Å². The number of hydrogen-bond donors (Lipinski definition) is 0. The van der Waals surface area contributed by atoms with Crippen molar-refractivity contribution in [2.45, 2.75) is 43.5 Å². The van der Waals surface area contributed by atoms with Gasteiger partial charge in [0, 0.05) is 19.1 Å². The van der Waals surface area contributed by atoms with E-state index in [1.165, 1.54) is 5.56 Å². The first-order valence-corrected chi connectivity index (χ1v) is 9.03. The van der Waals surface area contributed by atoms with Crippen molar-refractivity contribution in [2.75, 3.05) is 27.2 Å². The van der Waals surface area contributed by atoms with Gasteiger partial charge in [0.25, 0.3) is 0 Å². The Morgan fingerprint density at radius 2 is 1.62 bits per heavy atom. The van der Waals surface area contributed by atoms with Gasteiger partial charge in [-0.15, -0.1) is 0 Å². The molecule has 0 atom stereocenters. The second kappa shape index (κ2) is 6.46. The molecule has 21 heavy (non-hydrogen) atoms. The van der Waals surface area contributed by atoms with E-state index in [1.54, 1.807) is 16.4 Å². The molecule has 0 aromatic heterocycles. The Morgan fingerprint density at radius 1 is 1.10 bits per heavy atom. The van der Waals surface area contributed by atoms with Crippen LogP contribution in [0, 0.1) is 0 Å². The standard InChI is InChI=1S/C16H26N2O2S/c1-13(2)14-5-7-16(8-6-14)21(19,20)18-11-9-15(10-12-18)17(3)4/h5-8,13,15H,9-12H2,1-4H3. The molecule has 1 aliphatic heterocycles. The lowest BCUT2D eigenvalue weighted by molar-refractivity contribution is 0.196. The first-order chi connectivity index (χ1) is 9.82. The van der Waals surface area contributed by atoms with Gasteiger partial charge in [0.1, 0.15) is 0 Å². The van der Waals surface area contributed by atoms with Crippen LogP contribution >= 0.6 is 0 Å². The van der Waals surface area contributed by atoms with Crippen molar-refractivity contribution in [3.05, 3.63) is 29.8 Å². The van der Waals surface area contributed by atoms with Crippen molar-refractivity contribution in [1.29, 1.82) is 0 Å². The molecule has 0 bridgehead atoms. The van der Waals surface area contributed by atoms with Crippen LogP contribution in [0.1, 0.15) is 38.2 Å². The van der Waals surface area contributed by atoms with Crippen LogP contribution in [0.3, 0.4) is 0 Å². The van der Waals surface area contributed by atoms with Gasteiger partial charge in [-0.2, -0.15) is 4.31 Å². The molecule has 0 saturated carbocycles. The van der Waals surface area contributed by atoms with Crippen LogP contribution in [0.4, 0.5) is 0 Å². The number of piperidine rings is 1. The molecular formula is C16H26N2O2S. The van der Waals surface area contributed by atoms with Gasteiger partial charge in [-0.25, -0.2) is 8.42 Å². The second-order valence-electron chi connectivity index (χ2n) is 6.32. The SMILES string of the molecule is CC(C)c1ccc(S(=O)(=O)N2CCC(N(C)C)CC2)cc1. The molecule has 5 heteroatoms. The van der Waals surface area contributed by atoms with Crippen LogP contribution in [0.15, 0.2) is 29.2 Å². The van der Waals surface area contributed by atoms with Crippen LogP contribution in [0.25, 0.3) is 0 Å². The predicted octanol–water partition coefficient (Wildman–Crippen LogP) is 2.52. The molecule has 118 valence electrons. The minimum Gasteiger partial charge on any atom is -0.306 e. The molecule has 1 saturated heterocycles. The van der Waals surface area contributed by atoms with Gasteiger partial charge < -0.3 is 4.90 Å². The maximum Gasteiger partial charge on any atom is 0.243 e. The largest absolute Gasteiger partial charge is 0.306 e. The van der Waals surface area contributed by atoms with Crippen LogP contribution < -0.4 is 0 Å². The van der Waals surface area contributed by atoms with Gasteiger partial charge >= 0.3 is 0 Å². The molecule has 1 aromatic rings. The highest BCUT2D eigenvalue weighted by molar-refractivity contribution is 7.89. The van der Waals surface area contributed by atoms with Crippen LogP contribution in [-0.2, 0) is 10.0 Å². The molecule has 2 rings (SSSR count). The van der Waals surface area contributed by atoms with E-state index >= 15 is 0 Å². The Bertz CT molecular complexity index is 556. The van der Waals surface area contributed by atoms with Crippen LogP contribution in [0.2, 0.25) is 0 Å². The van der Waals surface area contributed by atoms with Gasteiger partial charge in [0.15, 0.2) is 0 Å². The third-order valence-electron chi connectivity index (χ3n) is 4.34. The summed E-state index contributed by atoms with van der Waals surface area (Å²) >= 11 is 0. The summed E-state index contributed by atoms with van der Waals surface area (Å²) in [6.45, 7) is 5.43. The predicted molar refractivity (Wildman–Crippen MR) is 86.0 cm³/mol. The molecule has 1 heterocycles. The fraction of sp³-hybridized carbons (Fsp3) is 0.625. The van der Waals surface area contributed by atoms with E-state index < -0.39 is 10.0 Å². The summed E-state index contributed by atoms with van der Waals surface area (Å²) in [5.41, 5.74) is 1.17. The van der Waals surface area contributed by atoms with Crippen molar-refractivity contribution in [3.8, 4) is 0 Å². The van der Waals surface area contributed by atoms with Crippen molar-refractivity contribution >= 4 is 10.0 Å². The average Bonchev–Trinajstić information content (AvgIpc) is 2.47. The summed E-state index contributed by atoms with van der Waals surface area (Å²) in [7, 11) is 0.771. The molecule has 0 radical (unpaired) electrons. The molecule has 1 aromatic carbocycles. The van der Waals surface area contributed by atoms with E-state index in [-0.39, 0.29) is 0 Å². The van der Waals surface area contributed by atoms with E-state index in [2.05, 4.69) is 32.8 Å². The Morgan fingerprint density at radius 3 is 2.05 bits per heavy atom. The minimum absolute atomic E-state index is 0.412. The number of sulfonamides is 1. The molecular weight excluding hydrogens is 284 g/mol. The fourth-order valence-corrected chi connectivity index (χ4v) is 4.24. The summed E-state index contributed by atoms with van der Waals surface area (Å²) in [4.78, 5) is 2.59. The maximum atomic E-state index is 12.7. The zero-order valence-corrected chi connectivity index (χ0v) is 14.2. The van der Waals surface area contributed by atoms with Gasteiger partial charge in [-0.1, -0.05) is 26.0 Å². The Kier molecular flexibility index (Phi) is 5.07. The van der Waals surface area contributed by atoms with E-state index in [0.29, 0.717) is 29.9 Å². The summed E-state index contributed by atoms with van der Waals surface area (Å²) in [6.07, 6.45) is 1.80. The van der Waals surface area contributed by atoms with Crippen molar-refractivity contribution in [1.82, 2.24) is 9.21 Å². The first-order valence-electron chi connectivity index (χ1n) is 7.59. The third kappa shape index (κ3) is 3.65. The molecule has 0 unspecified atom stereocenters. The number of rotatable bonds is 4. The van der Waals surface area contributed by atoms with Crippen molar-refractivity contribution in [2.24, 2.45) is 0 Å². The van der Waals surface area contributed by atoms with Gasteiger partial charge in [0.05, 0.1) is 4.90 Å². The lowest BCUT2D eigenvalue weighted by atomic mass is 10.0. The minimum atomic E-state index is -3.34. The Balaban J connectivity index is 2.12. The zero-order valence-electron chi connectivity index (χ0n) is 13.4. The summed E-state index contributed by atoms with van der Waals surface area (Å²) in [6, 6.07) is 7.80. The topological polar surface area (TPSA) is 40.6 Å². The van der Waals surface area contributed by atoms with Gasteiger partial charge in [-0.05, 0) is 50.6 Å². The highest BCUT2D eigenvalue weighted by Crippen LogP contribution is 2.24. The summed E-state index contributed by atoms with van der Waals surface area (Å²) < 4.78 is 26.9. The number of nitrogens with zero attached hydrogens (tertiary/aromatic N) is 2. The smallest absolute Gasteiger partial charge is 0.243 e. The average molecular weight is 310 g/mol. The Labute approximate surface area is 128 Å². The maximum absolute atomic E-state index is 12.7. The van der Waals surface area contributed by atoms with E-state index in [1.807, 2.05) is 12.1 Å². The number of benzene rings is 1. The van der Waals surface area contributed by atoms with E-state index in [0.717, 1.165) is 12.8 Å². The highest BCUT2D eigenvalue weighted by atomic mass is 32.2. The lowest BCUT2D eigenvalue weighted by Crippen LogP contribution is -2.44. The monoisotopic (exact) mass is 310 g/mol. The summed E-state index contributed by atoms with van der Waals surface area (Å²) in [5, 5.41) is 0. The van der Waals surface area contributed by atoms with E-state index in [4.69, 9.17) is 0 Å². The molecule has 4 nitrogen and oxygen atoms in total. The van der Waals surface area contributed by atoms with E-state index in [9.17, 15) is 8.42 Å². The lowest BCUT2D eigenvalue weighted by Gasteiger charge is -2.34. The van der Waals surface area contributed by atoms with Gasteiger partial charge in [0.2, 0.25) is 10.0 Å².